The molecule has 0 unspecified atom stereocenters. The number of nitrogens with one attached hydrogen (secondary N) is 1. The first-order valence-electron chi connectivity index (χ1n) is 6.85. The lowest BCUT2D eigenvalue weighted by molar-refractivity contribution is -0.136. The van der Waals surface area contributed by atoms with Gasteiger partial charge in [-0.1, -0.05) is 23.7 Å². The Hall–Kier alpha value is -1.83. The first-order chi connectivity index (χ1) is 11.1. The van der Waals surface area contributed by atoms with E-state index in [1.54, 1.807) is 18.4 Å². The predicted molar refractivity (Wildman–Crippen MR) is 100 cm³/mol. The van der Waals surface area contributed by atoms with Crippen LogP contribution in [0.3, 0.4) is 0 Å². The number of aliphatic carboxylic acids is 1. The molecule has 2 heterocycles. The second-order valence-corrected chi connectivity index (χ2v) is 6.32. The highest BCUT2D eigenvalue weighted by molar-refractivity contribution is 8.93. The molecule has 1 aromatic carbocycles. The van der Waals surface area contributed by atoms with Gasteiger partial charge in [-0.2, -0.15) is 0 Å². The van der Waals surface area contributed by atoms with Crippen molar-refractivity contribution >= 4 is 51.0 Å². The molecule has 2 aromatic heterocycles. The van der Waals surface area contributed by atoms with Crippen molar-refractivity contribution in [2.75, 3.05) is 5.32 Å². The van der Waals surface area contributed by atoms with Crippen LogP contribution in [0.4, 0.5) is 5.13 Å². The minimum absolute atomic E-state index is 0. The number of aromatic nitrogens is 1. The molecule has 0 aliphatic heterocycles. The van der Waals surface area contributed by atoms with Crippen LogP contribution in [0, 0.1) is 0 Å². The largest absolute Gasteiger partial charge is 0.481 e. The van der Waals surface area contributed by atoms with Crippen molar-refractivity contribution in [2.45, 2.75) is 13.0 Å². The summed E-state index contributed by atoms with van der Waals surface area (Å²) >= 11 is 7.23. The molecule has 0 aliphatic carbocycles. The maximum absolute atomic E-state index is 11.1. The van der Waals surface area contributed by atoms with Crippen LogP contribution in [-0.4, -0.2) is 16.1 Å². The Labute approximate surface area is 158 Å². The van der Waals surface area contributed by atoms with Gasteiger partial charge in [0.1, 0.15) is 5.76 Å². The Morgan fingerprint density at radius 1 is 1.29 bits per heavy atom. The molecule has 0 aliphatic rings. The average Bonchev–Trinajstić information content (AvgIpc) is 3.15. The van der Waals surface area contributed by atoms with Crippen LogP contribution in [-0.2, 0) is 17.8 Å². The lowest BCUT2D eigenvalue weighted by atomic mass is 10.1. The molecule has 0 spiro atoms. The highest BCUT2D eigenvalue weighted by atomic mass is 79.9. The van der Waals surface area contributed by atoms with Gasteiger partial charge in [0.05, 0.1) is 24.9 Å². The number of benzene rings is 1. The van der Waals surface area contributed by atoms with E-state index in [1.165, 1.54) is 11.3 Å². The predicted octanol–water partition coefficient (Wildman–Crippen LogP) is 4.87. The SMILES string of the molecule is Br.O=C(O)Cc1sc(NCc2ccco2)nc1-c1ccc(Cl)cc1. The first kappa shape index (κ1) is 18.5. The lowest BCUT2D eigenvalue weighted by Crippen LogP contribution is -1.99. The summed E-state index contributed by atoms with van der Waals surface area (Å²) in [5, 5.41) is 13.5. The minimum Gasteiger partial charge on any atom is -0.481 e. The van der Waals surface area contributed by atoms with E-state index >= 15 is 0 Å². The fourth-order valence-corrected chi connectivity index (χ4v) is 3.19. The minimum atomic E-state index is -0.888. The van der Waals surface area contributed by atoms with Gasteiger partial charge in [0.2, 0.25) is 0 Å². The number of anilines is 1. The summed E-state index contributed by atoms with van der Waals surface area (Å²) in [7, 11) is 0. The molecule has 126 valence electrons. The Morgan fingerprint density at radius 2 is 2.04 bits per heavy atom. The molecule has 0 saturated heterocycles. The Kier molecular flexibility index (Phi) is 6.42. The molecule has 0 radical (unpaired) electrons. The quantitative estimate of drug-likeness (QED) is 0.584. The van der Waals surface area contributed by atoms with Gasteiger partial charge in [0.25, 0.3) is 0 Å². The molecule has 2 N–H and O–H groups in total. The van der Waals surface area contributed by atoms with Crippen molar-refractivity contribution in [1.82, 2.24) is 4.98 Å². The fourth-order valence-electron chi connectivity index (χ4n) is 2.09. The molecule has 24 heavy (non-hydrogen) atoms. The van der Waals surface area contributed by atoms with Crippen molar-refractivity contribution in [3.8, 4) is 11.3 Å². The zero-order chi connectivity index (χ0) is 16.2. The van der Waals surface area contributed by atoms with Gasteiger partial charge in [-0.15, -0.1) is 28.3 Å². The zero-order valence-corrected chi connectivity index (χ0v) is 15.6. The summed E-state index contributed by atoms with van der Waals surface area (Å²) in [4.78, 5) is 16.3. The molecule has 0 atom stereocenters. The smallest absolute Gasteiger partial charge is 0.308 e. The number of furan rings is 1. The van der Waals surface area contributed by atoms with Gasteiger partial charge in [0, 0.05) is 15.5 Å². The molecule has 0 fully saturated rings. The van der Waals surface area contributed by atoms with Crippen molar-refractivity contribution in [3.05, 3.63) is 58.3 Å². The van der Waals surface area contributed by atoms with E-state index in [1.807, 2.05) is 24.3 Å². The highest BCUT2D eigenvalue weighted by Crippen LogP contribution is 2.32. The normalized spacial score (nSPS) is 10.2. The van der Waals surface area contributed by atoms with Crippen molar-refractivity contribution < 1.29 is 14.3 Å². The number of nitrogens with zero attached hydrogens (tertiary/aromatic N) is 1. The maximum Gasteiger partial charge on any atom is 0.308 e. The summed E-state index contributed by atoms with van der Waals surface area (Å²) in [5.41, 5.74) is 1.50. The highest BCUT2D eigenvalue weighted by Gasteiger charge is 2.16. The fraction of sp³-hybridized carbons (Fsp3) is 0.125. The van der Waals surface area contributed by atoms with E-state index in [-0.39, 0.29) is 23.4 Å². The maximum atomic E-state index is 11.1. The molecule has 5 nitrogen and oxygen atoms in total. The molecule has 0 bridgehead atoms. The lowest BCUT2D eigenvalue weighted by Gasteiger charge is -2.00. The third-order valence-corrected chi connectivity index (χ3v) is 4.39. The number of rotatable bonds is 6. The van der Waals surface area contributed by atoms with E-state index in [0.29, 0.717) is 27.3 Å². The standard InChI is InChI=1S/C16H13ClN2O3S.BrH/c17-11-5-3-10(4-6-11)15-13(8-14(20)21)23-16(19-15)18-9-12-2-1-7-22-12;/h1-7H,8-9H2,(H,18,19)(H,20,21);1H. The van der Waals surface area contributed by atoms with Crippen LogP contribution in [0.5, 0.6) is 0 Å². The number of carboxylic acid groups (broad SMARTS) is 1. The van der Waals surface area contributed by atoms with E-state index in [4.69, 9.17) is 21.1 Å². The average molecular weight is 430 g/mol. The van der Waals surface area contributed by atoms with Crippen LogP contribution in [0.1, 0.15) is 10.6 Å². The van der Waals surface area contributed by atoms with Crippen LogP contribution in [0.25, 0.3) is 11.3 Å². The topological polar surface area (TPSA) is 75.4 Å². The summed E-state index contributed by atoms with van der Waals surface area (Å²) in [6, 6.07) is 10.9. The summed E-state index contributed by atoms with van der Waals surface area (Å²) < 4.78 is 5.26. The van der Waals surface area contributed by atoms with E-state index in [9.17, 15) is 4.79 Å². The van der Waals surface area contributed by atoms with Crippen molar-refractivity contribution in [2.24, 2.45) is 0 Å². The van der Waals surface area contributed by atoms with Gasteiger partial charge < -0.3 is 14.8 Å². The zero-order valence-electron chi connectivity index (χ0n) is 12.4. The number of carbonyl (C=O) groups is 1. The summed E-state index contributed by atoms with van der Waals surface area (Å²) in [6.07, 6.45) is 1.53. The van der Waals surface area contributed by atoms with Gasteiger partial charge in [-0.05, 0) is 24.3 Å². The Bertz CT molecular complexity index is 803. The number of thiazole rings is 1. The monoisotopic (exact) mass is 428 g/mol. The van der Waals surface area contributed by atoms with Gasteiger partial charge in [-0.25, -0.2) is 4.98 Å². The van der Waals surface area contributed by atoms with Crippen molar-refractivity contribution in [3.63, 3.8) is 0 Å². The Balaban J connectivity index is 0.00000208. The molecular formula is C16H14BrClN2O3S. The van der Waals surface area contributed by atoms with Crippen LogP contribution in [0.2, 0.25) is 5.02 Å². The molecule has 0 saturated carbocycles. The van der Waals surface area contributed by atoms with E-state index in [0.717, 1.165) is 11.3 Å². The third-order valence-electron chi connectivity index (χ3n) is 3.12. The van der Waals surface area contributed by atoms with Crippen LogP contribution < -0.4 is 5.32 Å². The Morgan fingerprint density at radius 3 is 2.67 bits per heavy atom. The van der Waals surface area contributed by atoms with Crippen molar-refractivity contribution in [1.29, 1.82) is 0 Å². The van der Waals surface area contributed by atoms with Gasteiger partial charge in [-0.3, -0.25) is 4.79 Å². The van der Waals surface area contributed by atoms with Crippen LogP contribution in [0.15, 0.2) is 47.1 Å². The van der Waals surface area contributed by atoms with E-state index < -0.39 is 5.97 Å². The molecule has 3 rings (SSSR count). The van der Waals surface area contributed by atoms with Gasteiger partial charge >= 0.3 is 5.97 Å². The number of carboxylic acids is 1. The van der Waals surface area contributed by atoms with E-state index in [2.05, 4.69) is 10.3 Å². The second kappa shape index (κ2) is 8.32. The number of hydrogen-bond acceptors (Lipinski definition) is 5. The molecule has 8 heteroatoms. The number of hydrogen-bond donors (Lipinski definition) is 2. The number of halogens is 2. The summed E-state index contributed by atoms with van der Waals surface area (Å²) in [5.74, 6) is -0.102. The second-order valence-electron chi connectivity index (χ2n) is 4.80. The van der Waals surface area contributed by atoms with Gasteiger partial charge in [0.15, 0.2) is 5.13 Å². The summed E-state index contributed by atoms with van der Waals surface area (Å²) in [6.45, 7) is 0.493. The molecule has 3 aromatic rings. The van der Waals surface area contributed by atoms with Crippen LogP contribution >= 0.6 is 39.9 Å². The molecular weight excluding hydrogens is 416 g/mol. The third kappa shape index (κ3) is 4.59. The molecule has 0 amide bonds. The first-order valence-corrected chi connectivity index (χ1v) is 8.05.